The zero-order valence-electron chi connectivity index (χ0n) is 13.2. The van der Waals surface area contributed by atoms with Gasteiger partial charge in [-0.15, -0.1) is 0 Å². The molecular weight excluding hydrogens is 264 g/mol. The van der Waals surface area contributed by atoms with Gasteiger partial charge in [0.15, 0.2) is 0 Å². The quantitative estimate of drug-likeness (QED) is 0.836. The zero-order chi connectivity index (χ0) is 15.1. The van der Waals surface area contributed by atoms with Crippen LogP contribution in [-0.2, 0) is 0 Å². The predicted molar refractivity (Wildman–Crippen MR) is 84.6 cm³/mol. The highest BCUT2D eigenvalue weighted by Gasteiger charge is 2.18. The van der Waals surface area contributed by atoms with E-state index in [-0.39, 0.29) is 5.91 Å². The second-order valence-electron chi connectivity index (χ2n) is 5.75. The van der Waals surface area contributed by atoms with Crippen LogP contribution in [0, 0.1) is 0 Å². The van der Waals surface area contributed by atoms with Gasteiger partial charge >= 0.3 is 0 Å². The molecule has 0 spiro atoms. The predicted octanol–water partition coefficient (Wildman–Crippen LogP) is 2.73. The van der Waals surface area contributed by atoms with Crippen LogP contribution in [0.1, 0.15) is 55.8 Å². The van der Waals surface area contributed by atoms with Gasteiger partial charge in [0.2, 0.25) is 5.95 Å². The van der Waals surface area contributed by atoms with Gasteiger partial charge in [-0.3, -0.25) is 4.79 Å². The molecule has 5 heteroatoms. The molecule has 2 rings (SSSR count). The maximum absolute atomic E-state index is 12.4. The van der Waals surface area contributed by atoms with E-state index in [0.717, 1.165) is 45.3 Å². The van der Waals surface area contributed by atoms with Gasteiger partial charge in [-0.2, -0.15) is 0 Å². The normalized spacial score (nSPS) is 15.6. The van der Waals surface area contributed by atoms with Gasteiger partial charge in [-0.05, 0) is 19.3 Å². The third-order valence-corrected chi connectivity index (χ3v) is 3.97. The summed E-state index contributed by atoms with van der Waals surface area (Å²) in [6.07, 6.45) is 10.2. The summed E-state index contributed by atoms with van der Waals surface area (Å²) in [6.45, 7) is 4.82. The summed E-state index contributed by atoms with van der Waals surface area (Å²) in [5.74, 6) is 0.760. The van der Waals surface area contributed by atoms with Gasteiger partial charge in [0, 0.05) is 39.1 Å². The first-order valence-corrected chi connectivity index (χ1v) is 8.05. The van der Waals surface area contributed by atoms with Gasteiger partial charge in [-0.1, -0.05) is 26.2 Å². The number of nitrogens with zero attached hydrogens (tertiary/aromatic N) is 4. The Bertz CT molecular complexity index is 438. The number of aromatic nitrogens is 2. The van der Waals surface area contributed by atoms with Crippen molar-refractivity contribution in [2.45, 2.75) is 45.4 Å². The summed E-state index contributed by atoms with van der Waals surface area (Å²) in [5.41, 5.74) is 0.601. The van der Waals surface area contributed by atoms with E-state index in [0.29, 0.717) is 11.5 Å². The summed E-state index contributed by atoms with van der Waals surface area (Å²) < 4.78 is 0. The molecule has 1 saturated heterocycles. The van der Waals surface area contributed by atoms with Crippen LogP contribution in [0.3, 0.4) is 0 Å². The Morgan fingerprint density at radius 2 is 1.81 bits per heavy atom. The van der Waals surface area contributed by atoms with Crippen molar-refractivity contribution in [2.24, 2.45) is 0 Å². The summed E-state index contributed by atoms with van der Waals surface area (Å²) in [7, 11) is 1.99. The minimum Gasteiger partial charge on any atom is -0.344 e. The number of unbranched alkanes of at least 4 members (excludes halogenated alkanes) is 1. The Morgan fingerprint density at radius 3 is 2.38 bits per heavy atom. The monoisotopic (exact) mass is 290 g/mol. The maximum atomic E-state index is 12.4. The second-order valence-corrected chi connectivity index (χ2v) is 5.75. The maximum Gasteiger partial charge on any atom is 0.256 e. The van der Waals surface area contributed by atoms with Crippen molar-refractivity contribution < 1.29 is 4.79 Å². The van der Waals surface area contributed by atoms with E-state index in [1.165, 1.54) is 12.8 Å². The highest BCUT2D eigenvalue weighted by Crippen LogP contribution is 2.13. The fourth-order valence-corrected chi connectivity index (χ4v) is 2.58. The smallest absolute Gasteiger partial charge is 0.256 e. The van der Waals surface area contributed by atoms with Crippen LogP contribution in [0.4, 0.5) is 5.95 Å². The van der Waals surface area contributed by atoms with Crippen LogP contribution < -0.4 is 4.90 Å². The molecule has 0 aliphatic carbocycles. The van der Waals surface area contributed by atoms with E-state index in [4.69, 9.17) is 0 Å². The SMILES string of the molecule is CCCCN(C)c1ncc(C(=O)N2CCCCCC2)cn1. The molecule has 1 aromatic rings. The van der Waals surface area contributed by atoms with E-state index in [9.17, 15) is 4.79 Å². The van der Waals surface area contributed by atoms with Gasteiger partial charge in [0.1, 0.15) is 0 Å². The standard InChI is InChI=1S/C16H26N4O/c1-3-4-9-19(2)16-17-12-14(13-18-16)15(21)20-10-7-5-6-8-11-20/h12-13H,3-11H2,1-2H3. The first-order chi connectivity index (χ1) is 10.2. The highest BCUT2D eigenvalue weighted by molar-refractivity contribution is 5.93. The van der Waals surface area contributed by atoms with E-state index < -0.39 is 0 Å². The molecule has 1 aliphatic rings. The second kappa shape index (κ2) is 7.96. The Morgan fingerprint density at radius 1 is 1.19 bits per heavy atom. The Labute approximate surface area is 127 Å². The third-order valence-electron chi connectivity index (χ3n) is 3.97. The first kappa shape index (κ1) is 15.7. The number of carbonyl (C=O) groups is 1. The third kappa shape index (κ3) is 4.41. The molecule has 1 amide bonds. The molecule has 0 atom stereocenters. The molecule has 116 valence electrons. The average molecular weight is 290 g/mol. The van der Waals surface area contributed by atoms with Crippen LogP contribution in [0.2, 0.25) is 0 Å². The van der Waals surface area contributed by atoms with Crippen molar-refractivity contribution in [2.75, 3.05) is 31.6 Å². The lowest BCUT2D eigenvalue weighted by Gasteiger charge is -2.20. The number of rotatable bonds is 5. The molecule has 0 bridgehead atoms. The molecule has 1 aliphatic heterocycles. The number of hydrogen-bond acceptors (Lipinski definition) is 4. The minimum absolute atomic E-state index is 0.0691. The van der Waals surface area contributed by atoms with Gasteiger partial charge in [0.05, 0.1) is 5.56 Å². The van der Waals surface area contributed by atoms with Gasteiger partial charge < -0.3 is 9.80 Å². The van der Waals surface area contributed by atoms with Crippen LogP contribution in [0.5, 0.6) is 0 Å². The summed E-state index contributed by atoms with van der Waals surface area (Å²) in [4.78, 5) is 25.1. The van der Waals surface area contributed by atoms with E-state index in [1.54, 1.807) is 12.4 Å². The van der Waals surface area contributed by atoms with Crippen LogP contribution >= 0.6 is 0 Å². The number of carbonyl (C=O) groups excluding carboxylic acids is 1. The molecule has 2 heterocycles. The van der Waals surface area contributed by atoms with Gasteiger partial charge in [0.25, 0.3) is 5.91 Å². The number of amides is 1. The van der Waals surface area contributed by atoms with Crippen molar-refractivity contribution in [1.29, 1.82) is 0 Å². The van der Waals surface area contributed by atoms with Crippen LogP contribution in [-0.4, -0.2) is 47.5 Å². The summed E-state index contributed by atoms with van der Waals surface area (Å²) in [5, 5.41) is 0. The Hall–Kier alpha value is -1.65. The lowest BCUT2D eigenvalue weighted by atomic mass is 10.2. The molecule has 1 aromatic heterocycles. The van der Waals surface area contributed by atoms with E-state index in [1.807, 2.05) is 16.8 Å². The average Bonchev–Trinajstić information content (AvgIpc) is 2.81. The number of anilines is 1. The molecular formula is C16H26N4O. The lowest BCUT2D eigenvalue weighted by Crippen LogP contribution is -2.32. The molecule has 0 N–H and O–H groups in total. The summed E-state index contributed by atoms with van der Waals surface area (Å²) in [6, 6.07) is 0. The highest BCUT2D eigenvalue weighted by atomic mass is 16.2. The molecule has 21 heavy (non-hydrogen) atoms. The molecule has 1 fully saturated rings. The molecule has 0 saturated carbocycles. The van der Waals surface area contributed by atoms with E-state index in [2.05, 4.69) is 16.9 Å². The first-order valence-electron chi connectivity index (χ1n) is 8.05. The Kier molecular flexibility index (Phi) is 5.96. The summed E-state index contributed by atoms with van der Waals surface area (Å²) >= 11 is 0. The molecule has 0 unspecified atom stereocenters. The van der Waals surface area contributed by atoms with Crippen molar-refractivity contribution in [3.8, 4) is 0 Å². The van der Waals surface area contributed by atoms with Crippen LogP contribution in [0.15, 0.2) is 12.4 Å². The molecule has 0 aromatic carbocycles. The fourth-order valence-electron chi connectivity index (χ4n) is 2.58. The molecule has 5 nitrogen and oxygen atoms in total. The minimum atomic E-state index is 0.0691. The number of likely N-dealkylation sites (tertiary alicyclic amines) is 1. The van der Waals surface area contributed by atoms with Crippen molar-refractivity contribution in [1.82, 2.24) is 14.9 Å². The number of hydrogen-bond donors (Lipinski definition) is 0. The molecule has 0 radical (unpaired) electrons. The van der Waals surface area contributed by atoms with Crippen molar-refractivity contribution >= 4 is 11.9 Å². The largest absolute Gasteiger partial charge is 0.344 e. The topological polar surface area (TPSA) is 49.3 Å². The van der Waals surface area contributed by atoms with Crippen molar-refractivity contribution in [3.63, 3.8) is 0 Å². The van der Waals surface area contributed by atoms with Crippen molar-refractivity contribution in [3.05, 3.63) is 18.0 Å². The Balaban J connectivity index is 1.98. The lowest BCUT2D eigenvalue weighted by molar-refractivity contribution is 0.0761. The van der Waals surface area contributed by atoms with Gasteiger partial charge in [-0.25, -0.2) is 9.97 Å². The fraction of sp³-hybridized carbons (Fsp3) is 0.688. The zero-order valence-corrected chi connectivity index (χ0v) is 13.2. The van der Waals surface area contributed by atoms with Crippen LogP contribution in [0.25, 0.3) is 0 Å². The van der Waals surface area contributed by atoms with E-state index >= 15 is 0 Å².